The van der Waals surface area contributed by atoms with Crippen LogP contribution >= 0.6 is 0 Å². The van der Waals surface area contributed by atoms with E-state index < -0.39 is 6.10 Å². The highest BCUT2D eigenvalue weighted by Gasteiger charge is 2.12. The standard InChI is InChI=1S/C18H18FNO3/c1-12(15-5-7-16(19)8-6-15)23-18(22)11-14-3-9-17(10-4-14)20-13(2)21/h3-10,12H,11H2,1-2H3,(H,20,21)/t12-/m0/s1. The Morgan fingerprint density at radius 2 is 1.70 bits per heavy atom. The monoisotopic (exact) mass is 315 g/mol. The number of rotatable bonds is 5. The molecule has 1 amide bonds. The van der Waals surface area contributed by atoms with Crippen LogP contribution in [-0.4, -0.2) is 11.9 Å². The molecule has 0 heterocycles. The number of carbonyl (C=O) groups excluding carboxylic acids is 2. The van der Waals surface area contributed by atoms with Gasteiger partial charge in [-0.3, -0.25) is 9.59 Å². The minimum Gasteiger partial charge on any atom is -0.458 e. The lowest BCUT2D eigenvalue weighted by molar-refractivity contribution is -0.147. The first-order valence-electron chi connectivity index (χ1n) is 7.25. The maximum atomic E-state index is 12.9. The first kappa shape index (κ1) is 16.7. The van der Waals surface area contributed by atoms with Crippen LogP contribution in [0.25, 0.3) is 0 Å². The fourth-order valence-corrected chi connectivity index (χ4v) is 2.12. The molecule has 0 aromatic heterocycles. The maximum absolute atomic E-state index is 12.9. The van der Waals surface area contributed by atoms with Crippen LogP contribution in [0, 0.1) is 5.82 Å². The fourth-order valence-electron chi connectivity index (χ4n) is 2.12. The highest BCUT2D eigenvalue weighted by molar-refractivity contribution is 5.88. The summed E-state index contributed by atoms with van der Waals surface area (Å²) < 4.78 is 18.2. The van der Waals surface area contributed by atoms with Crippen molar-refractivity contribution in [2.24, 2.45) is 0 Å². The van der Waals surface area contributed by atoms with Gasteiger partial charge in [-0.1, -0.05) is 24.3 Å². The van der Waals surface area contributed by atoms with Crippen LogP contribution in [0.2, 0.25) is 0 Å². The smallest absolute Gasteiger partial charge is 0.310 e. The second-order valence-electron chi connectivity index (χ2n) is 5.24. The highest BCUT2D eigenvalue weighted by atomic mass is 19.1. The Kier molecular flexibility index (Phi) is 5.46. The summed E-state index contributed by atoms with van der Waals surface area (Å²) in [6, 6.07) is 12.8. The first-order chi connectivity index (χ1) is 10.9. The third-order valence-electron chi connectivity index (χ3n) is 3.27. The van der Waals surface area contributed by atoms with E-state index in [1.807, 2.05) is 0 Å². The summed E-state index contributed by atoms with van der Waals surface area (Å²) >= 11 is 0. The molecule has 4 nitrogen and oxygen atoms in total. The molecule has 23 heavy (non-hydrogen) atoms. The van der Waals surface area contributed by atoms with E-state index in [0.717, 1.165) is 11.1 Å². The Bertz CT molecular complexity index is 680. The van der Waals surface area contributed by atoms with Crippen molar-refractivity contribution in [1.29, 1.82) is 0 Å². The number of carbonyl (C=O) groups is 2. The van der Waals surface area contributed by atoms with Crippen LogP contribution in [0.15, 0.2) is 48.5 Å². The van der Waals surface area contributed by atoms with Crippen molar-refractivity contribution in [1.82, 2.24) is 0 Å². The molecule has 0 saturated carbocycles. The average molecular weight is 315 g/mol. The Morgan fingerprint density at radius 1 is 1.09 bits per heavy atom. The summed E-state index contributed by atoms with van der Waals surface area (Å²) in [4.78, 5) is 22.9. The van der Waals surface area contributed by atoms with E-state index in [9.17, 15) is 14.0 Å². The molecule has 0 fully saturated rings. The number of anilines is 1. The molecule has 0 aliphatic carbocycles. The first-order valence-corrected chi connectivity index (χ1v) is 7.25. The van der Waals surface area contributed by atoms with Gasteiger partial charge in [0.05, 0.1) is 6.42 Å². The summed E-state index contributed by atoms with van der Waals surface area (Å²) in [6.45, 7) is 3.17. The molecule has 1 atom stereocenters. The maximum Gasteiger partial charge on any atom is 0.310 e. The molecule has 0 spiro atoms. The van der Waals surface area contributed by atoms with Crippen LogP contribution in [-0.2, 0) is 20.7 Å². The summed E-state index contributed by atoms with van der Waals surface area (Å²) in [5.41, 5.74) is 2.20. The van der Waals surface area contributed by atoms with Gasteiger partial charge in [-0.05, 0) is 42.3 Å². The molecule has 5 heteroatoms. The van der Waals surface area contributed by atoms with Crippen molar-refractivity contribution in [2.75, 3.05) is 5.32 Å². The van der Waals surface area contributed by atoms with Crippen LogP contribution in [0.5, 0.6) is 0 Å². The quantitative estimate of drug-likeness (QED) is 0.857. The Balaban J connectivity index is 1.91. The van der Waals surface area contributed by atoms with E-state index in [1.54, 1.807) is 43.3 Å². The van der Waals surface area contributed by atoms with Crippen molar-refractivity contribution in [3.63, 3.8) is 0 Å². The number of amides is 1. The van der Waals surface area contributed by atoms with Crippen LogP contribution in [0.1, 0.15) is 31.1 Å². The van der Waals surface area contributed by atoms with Gasteiger partial charge in [0, 0.05) is 12.6 Å². The summed E-state index contributed by atoms with van der Waals surface area (Å²) in [5, 5.41) is 2.66. The minimum atomic E-state index is -0.443. The highest BCUT2D eigenvalue weighted by Crippen LogP contribution is 2.18. The number of hydrogen-bond donors (Lipinski definition) is 1. The normalized spacial score (nSPS) is 11.6. The molecule has 0 saturated heterocycles. The van der Waals surface area contributed by atoms with Gasteiger partial charge in [0.15, 0.2) is 0 Å². The van der Waals surface area contributed by atoms with Gasteiger partial charge in [0.2, 0.25) is 5.91 Å². The molecule has 2 rings (SSSR count). The van der Waals surface area contributed by atoms with E-state index in [1.165, 1.54) is 19.1 Å². The van der Waals surface area contributed by atoms with Crippen molar-refractivity contribution < 1.29 is 18.7 Å². The number of benzene rings is 2. The summed E-state index contributed by atoms with van der Waals surface area (Å²) in [6.07, 6.45) is -0.312. The third-order valence-corrected chi connectivity index (χ3v) is 3.27. The Hall–Kier alpha value is -2.69. The molecule has 0 radical (unpaired) electrons. The van der Waals surface area contributed by atoms with Gasteiger partial charge in [0.25, 0.3) is 0 Å². The van der Waals surface area contributed by atoms with Gasteiger partial charge in [-0.25, -0.2) is 4.39 Å². The molecule has 120 valence electrons. The lowest BCUT2D eigenvalue weighted by atomic mass is 10.1. The number of esters is 1. The minimum absolute atomic E-state index is 0.131. The zero-order valence-electron chi connectivity index (χ0n) is 13.0. The predicted octanol–water partition coefficient (Wildman–Crippen LogP) is 3.63. The molecular formula is C18H18FNO3. The van der Waals surface area contributed by atoms with Crippen molar-refractivity contribution in [3.8, 4) is 0 Å². The van der Waals surface area contributed by atoms with Crippen LogP contribution in [0.4, 0.5) is 10.1 Å². The van der Waals surface area contributed by atoms with Crippen molar-refractivity contribution in [2.45, 2.75) is 26.4 Å². The zero-order chi connectivity index (χ0) is 16.8. The second kappa shape index (κ2) is 7.54. The van der Waals surface area contributed by atoms with E-state index in [2.05, 4.69) is 5.32 Å². The lowest BCUT2D eigenvalue weighted by Crippen LogP contribution is -2.11. The molecule has 0 aliphatic rings. The summed E-state index contributed by atoms with van der Waals surface area (Å²) in [7, 11) is 0. The van der Waals surface area contributed by atoms with E-state index in [0.29, 0.717) is 5.69 Å². The zero-order valence-corrected chi connectivity index (χ0v) is 13.0. The van der Waals surface area contributed by atoms with Gasteiger partial charge < -0.3 is 10.1 Å². The predicted molar refractivity (Wildman–Crippen MR) is 85.4 cm³/mol. The third kappa shape index (κ3) is 5.21. The van der Waals surface area contributed by atoms with Gasteiger partial charge >= 0.3 is 5.97 Å². The fraction of sp³-hybridized carbons (Fsp3) is 0.222. The van der Waals surface area contributed by atoms with Gasteiger partial charge in [0.1, 0.15) is 11.9 Å². The molecule has 2 aromatic carbocycles. The Morgan fingerprint density at radius 3 is 2.26 bits per heavy atom. The summed E-state index contributed by atoms with van der Waals surface area (Å²) in [5.74, 6) is -0.842. The van der Waals surface area contributed by atoms with Crippen LogP contribution in [0.3, 0.4) is 0 Å². The second-order valence-corrected chi connectivity index (χ2v) is 5.24. The average Bonchev–Trinajstić information content (AvgIpc) is 2.49. The number of halogens is 1. The lowest BCUT2D eigenvalue weighted by Gasteiger charge is -2.13. The molecule has 0 unspecified atom stereocenters. The Labute approximate surface area is 134 Å². The number of nitrogens with one attached hydrogen (secondary N) is 1. The number of hydrogen-bond acceptors (Lipinski definition) is 3. The molecule has 0 bridgehead atoms. The van der Waals surface area contributed by atoms with Crippen molar-refractivity contribution >= 4 is 17.6 Å². The largest absolute Gasteiger partial charge is 0.458 e. The molecular weight excluding hydrogens is 297 g/mol. The van der Waals surface area contributed by atoms with Crippen LogP contribution < -0.4 is 5.32 Å². The van der Waals surface area contributed by atoms with E-state index in [-0.39, 0.29) is 24.1 Å². The molecule has 1 N–H and O–H groups in total. The molecule has 2 aromatic rings. The van der Waals surface area contributed by atoms with Gasteiger partial charge in [-0.15, -0.1) is 0 Å². The van der Waals surface area contributed by atoms with E-state index >= 15 is 0 Å². The van der Waals surface area contributed by atoms with Crippen molar-refractivity contribution in [3.05, 3.63) is 65.5 Å². The number of ether oxygens (including phenoxy) is 1. The topological polar surface area (TPSA) is 55.4 Å². The molecule has 0 aliphatic heterocycles. The van der Waals surface area contributed by atoms with Gasteiger partial charge in [-0.2, -0.15) is 0 Å². The SMILES string of the molecule is CC(=O)Nc1ccc(CC(=O)O[C@@H](C)c2ccc(F)cc2)cc1. The van der Waals surface area contributed by atoms with E-state index in [4.69, 9.17) is 4.74 Å².